The Hall–Kier alpha value is -3.56. The molecule has 2 aromatic rings. The third-order valence-electron chi connectivity index (χ3n) is 5.95. The van der Waals surface area contributed by atoms with E-state index in [1.54, 1.807) is 34.2 Å². The topological polar surface area (TPSA) is 106 Å². The molecule has 4 rings (SSSR count). The third-order valence-corrected chi connectivity index (χ3v) is 5.95. The number of anilines is 2. The van der Waals surface area contributed by atoms with Crippen LogP contribution < -0.4 is 10.2 Å². The minimum atomic E-state index is -0.596. The lowest BCUT2D eigenvalue weighted by Crippen LogP contribution is -2.47. The number of fused-ring (bicyclic) bond motifs is 1. The maximum Gasteiger partial charge on any atom is 0.410 e. The van der Waals surface area contributed by atoms with Gasteiger partial charge in [0.15, 0.2) is 0 Å². The molecule has 0 radical (unpaired) electrons. The van der Waals surface area contributed by atoms with Gasteiger partial charge in [-0.05, 0) is 39.8 Å². The predicted octanol–water partition coefficient (Wildman–Crippen LogP) is 3.03. The Morgan fingerprint density at radius 3 is 2.62 bits per heavy atom. The van der Waals surface area contributed by atoms with Crippen LogP contribution in [0.5, 0.6) is 0 Å². The van der Waals surface area contributed by atoms with Gasteiger partial charge in [-0.15, -0.1) is 0 Å². The number of nitrogens with one attached hydrogen (secondary N) is 1. The van der Waals surface area contributed by atoms with Crippen LogP contribution in [0.3, 0.4) is 0 Å². The molecular weight excluding hydrogens is 438 g/mol. The van der Waals surface area contributed by atoms with Crippen LogP contribution >= 0.6 is 0 Å². The number of nitrogens with zero attached hydrogens (tertiary/aromatic N) is 4. The normalized spacial score (nSPS) is 20.2. The lowest BCUT2D eigenvalue weighted by Gasteiger charge is -2.36. The van der Waals surface area contributed by atoms with Gasteiger partial charge < -0.3 is 19.7 Å². The maximum absolute atomic E-state index is 13.0. The molecule has 0 bridgehead atoms. The number of para-hydroxylation sites is 1. The van der Waals surface area contributed by atoms with Crippen molar-refractivity contribution < 1.29 is 23.9 Å². The molecule has 2 aliphatic heterocycles. The number of carbonyl (C=O) groups excluding carboxylic acids is 3. The van der Waals surface area contributed by atoms with Crippen molar-refractivity contribution in [1.29, 1.82) is 0 Å². The number of ether oxygens (including phenoxy) is 2. The highest BCUT2D eigenvalue weighted by Crippen LogP contribution is 2.32. The largest absolute Gasteiger partial charge is 0.465 e. The molecule has 2 aliphatic rings. The quantitative estimate of drug-likeness (QED) is 0.686. The van der Waals surface area contributed by atoms with Gasteiger partial charge in [-0.1, -0.05) is 12.1 Å². The zero-order valence-corrected chi connectivity index (χ0v) is 20.2. The van der Waals surface area contributed by atoms with Crippen LogP contribution in [0.1, 0.15) is 50.2 Å². The van der Waals surface area contributed by atoms with E-state index in [1.165, 1.54) is 7.11 Å². The van der Waals surface area contributed by atoms with Crippen molar-refractivity contribution in [2.75, 3.05) is 23.9 Å². The number of hydrogen-bond acceptors (Lipinski definition) is 7. The fraction of sp³-hybridized carbons (Fsp3) is 0.500. The van der Waals surface area contributed by atoms with E-state index in [-0.39, 0.29) is 30.5 Å². The van der Waals surface area contributed by atoms with Crippen LogP contribution in [0.25, 0.3) is 0 Å². The van der Waals surface area contributed by atoms with Crippen molar-refractivity contribution in [3.63, 3.8) is 0 Å². The van der Waals surface area contributed by atoms with Gasteiger partial charge in [0.25, 0.3) is 0 Å². The first-order valence-corrected chi connectivity index (χ1v) is 11.4. The average molecular weight is 470 g/mol. The van der Waals surface area contributed by atoms with Gasteiger partial charge in [-0.3, -0.25) is 14.4 Å². The molecule has 10 heteroatoms. The zero-order chi connectivity index (χ0) is 24.6. The van der Waals surface area contributed by atoms with E-state index in [0.29, 0.717) is 36.6 Å². The van der Waals surface area contributed by atoms with Crippen LogP contribution in [-0.4, -0.2) is 64.0 Å². The SMILES string of the molecule is COC(=O)c1ccccc1NC1CC(=O)N(c2cnn3c2CN(C(=O)OC(C)(C)C)[C@@H](C)C3)C1. The van der Waals surface area contributed by atoms with E-state index in [9.17, 15) is 14.4 Å². The molecule has 1 N–H and O–H groups in total. The van der Waals surface area contributed by atoms with E-state index in [1.807, 2.05) is 38.4 Å². The summed E-state index contributed by atoms with van der Waals surface area (Å²) in [5, 5.41) is 7.79. The number of hydrogen-bond donors (Lipinski definition) is 1. The van der Waals surface area contributed by atoms with Crippen LogP contribution in [0, 0.1) is 0 Å². The average Bonchev–Trinajstić information content (AvgIpc) is 3.33. The highest BCUT2D eigenvalue weighted by Gasteiger charge is 2.37. The molecule has 0 spiro atoms. The molecule has 3 heterocycles. The standard InChI is InChI=1S/C24H31N5O5/c1-15-12-29-20(14-27(15)23(32)34-24(2,3)4)19(11-25-29)28-13-16(10-21(28)30)26-18-9-7-6-8-17(18)22(31)33-5/h6-9,11,15-16,26H,10,12-14H2,1-5H3/t15-,16?/m0/s1. The first-order chi connectivity index (χ1) is 16.1. The molecule has 1 unspecified atom stereocenters. The molecule has 0 saturated carbocycles. The van der Waals surface area contributed by atoms with Crippen molar-refractivity contribution in [3.05, 3.63) is 41.7 Å². The number of esters is 1. The molecule has 1 aromatic carbocycles. The smallest absolute Gasteiger partial charge is 0.410 e. The number of methoxy groups -OCH3 is 1. The van der Waals surface area contributed by atoms with Crippen molar-refractivity contribution in [1.82, 2.24) is 14.7 Å². The van der Waals surface area contributed by atoms with Crippen molar-refractivity contribution in [2.45, 2.75) is 64.9 Å². The first kappa shape index (κ1) is 23.6. The summed E-state index contributed by atoms with van der Waals surface area (Å²) < 4.78 is 12.3. The fourth-order valence-electron chi connectivity index (χ4n) is 4.33. The molecule has 1 saturated heterocycles. The number of benzene rings is 1. The number of amides is 2. The van der Waals surface area contributed by atoms with Crippen LogP contribution in [0.2, 0.25) is 0 Å². The van der Waals surface area contributed by atoms with E-state index in [2.05, 4.69) is 10.4 Å². The second-order valence-electron chi connectivity index (χ2n) is 9.70. The van der Waals surface area contributed by atoms with E-state index in [0.717, 1.165) is 5.69 Å². The number of carbonyl (C=O) groups is 3. The van der Waals surface area contributed by atoms with Crippen LogP contribution in [0.15, 0.2) is 30.5 Å². The summed E-state index contributed by atoms with van der Waals surface area (Å²) in [6.45, 7) is 8.70. The summed E-state index contributed by atoms with van der Waals surface area (Å²) >= 11 is 0. The summed E-state index contributed by atoms with van der Waals surface area (Å²) in [6, 6.07) is 6.78. The van der Waals surface area contributed by atoms with Crippen LogP contribution in [0.4, 0.5) is 16.2 Å². The lowest BCUT2D eigenvalue weighted by atomic mass is 10.1. The van der Waals surface area contributed by atoms with Gasteiger partial charge in [0.05, 0.1) is 55.4 Å². The Kier molecular flexibility index (Phi) is 6.24. The van der Waals surface area contributed by atoms with Crippen molar-refractivity contribution >= 4 is 29.3 Å². The first-order valence-electron chi connectivity index (χ1n) is 11.4. The second-order valence-corrected chi connectivity index (χ2v) is 9.70. The monoisotopic (exact) mass is 469 g/mol. The van der Waals surface area contributed by atoms with Crippen LogP contribution in [-0.2, 0) is 27.4 Å². The van der Waals surface area contributed by atoms with Gasteiger partial charge in [-0.25, -0.2) is 9.59 Å². The molecule has 1 aromatic heterocycles. The second kappa shape index (κ2) is 9.00. The Morgan fingerprint density at radius 1 is 1.18 bits per heavy atom. The third kappa shape index (κ3) is 4.71. The van der Waals surface area contributed by atoms with Crippen molar-refractivity contribution in [2.24, 2.45) is 0 Å². The van der Waals surface area contributed by atoms with Gasteiger partial charge in [0.1, 0.15) is 5.60 Å². The van der Waals surface area contributed by atoms with Gasteiger partial charge >= 0.3 is 12.1 Å². The molecule has 34 heavy (non-hydrogen) atoms. The molecular formula is C24H31N5O5. The summed E-state index contributed by atoms with van der Waals surface area (Å²) in [5.41, 5.74) is 1.93. The maximum atomic E-state index is 13.0. The minimum Gasteiger partial charge on any atom is -0.465 e. The molecule has 0 aliphatic carbocycles. The predicted molar refractivity (Wildman–Crippen MR) is 126 cm³/mol. The highest BCUT2D eigenvalue weighted by molar-refractivity contribution is 5.98. The Balaban J connectivity index is 1.52. The Bertz CT molecular complexity index is 1110. The number of aromatic nitrogens is 2. The van der Waals surface area contributed by atoms with Gasteiger partial charge in [-0.2, -0.15) is 5.10 Å². The molecule has 182 valence electrons. The van der Waals surface area contributed by atoms with Gasteiger partial charge in [0, 0.05) is 18.7 Å². The number of rotatable bonds is 4. The zero-order valence-electron chi connectivity index (χ0n) is 20.2. The van der Waals surface area contributed by atoms with E-state index >= 15 is 0 Å². The molecule has 2 atom stereocenters. The lowest BCUT2D eigenvalue weighted by molar-refractivity contribution is -0.117. The summed E-state index contributed by atoms with van der Waals surface area (Å²) in [5.74, 6) is -0.488. The summed E-state index contributed by atoms with van der Waals surface area (Å²) in [7, 11) is 1.34. The summed E-state index contributed by atoms with van der Waals surface area (Å²) in [6.07, 6.45) is 1.57. The molecule has 2 amide bonds. The fourth-order valence-corrected chi connectivity index (χ4v) is 4.33. The Labute approximate surface area is 198 Å². The van der Waals surface area contributed by atoms with Crippen molar-refractivity contribution in [3.8, 4) is 0 Å². The van der Waals surface area contributed by atoms with E-state index < -0.39 is 11.6 Å². The summed E-state index contributed by atoms with van der Waals surface area (Å²) in [4.78, 5) is 41.2. The minimum absolute atomic E-state index is 0.0497. The molecule has 1 fully saturated rings. The Morgan fingerprint density at radius 2 is 1.91 bits per heavy atom. The van der Waals surface area contributed by atoms with E-state index in [4.69, 9.17) is 9.47 Å². The van der Waals surface area contributed by atoms with Gasteiger partial charge in [0.2, 0.25) is 5.91 Å². The molecule has 10 nitrogen and oxygen atoms in total. The highest BCUT2D eigenvalue weighted by atomic mass is 16.6.